The van der Waals surface area contributed by atoms with Gasteiger partial charge >= 0.3 is 0 Å². The van der Waals surface area contributed by atoms with E-state index in [0.717, 1.165) is 77.8 Å². The molecule has 1 fully saturated rings. The van der Waals surface area contributed by atoms with E-state index in [9.17, 15) is 0 Å². The molecule has 1 aromatic carbocycles. The van der Waals surface area contributed by atoms with E-state index in [2.05, 4.69) is 60.6 Å². The number of nitrogens with one attached hydrogen (secondary N) is 2. The fourth-order valence-corrected chi connectivity index (χ4v) is 3.42. The van der Waals surface area contributed by atoms with Crippen LogP contribution in [0, 0.1) is 0 Å². The minimum Gasteiger partial charge on any atom is -0.379 e. The summed E-state index contributed by atoms with van der Waals surface area (Å²) in [4.78, 5) is 7.17. The Morgan fingerprint density at radius 3 is 2.70 bits per heavy atom. The molecule has 0 aliphatic carbocycles. The van der Waals surface area contributed by atoms with E-state index < -0.39 is 0 Å². The van der Waals surface area contributed by atoms with E-state index >= 15 is 0 Å². The van der Waals surface area contributed by atoms with Gasteiger partial charge in [-0.3, -0.25) is 4.90 Å². The Hall–Kier alpha value is -0.900. The lowest BCUT2D eigenvalue weighted by Crippen LogP contribution is -2.38. The van der Waals surface area contributed by atoms with E-state index in [1.807, 2.05) is 0 Å². The van der Waals surface area contributed by atoms with Crippen molar-refractivity contribution < 1.29 is 9.47 Å². The Bertz CT molecular complexity index is 590. The average molecular weight is 533 g/mol. The SMILES string of the molecule is CCNC(=NCc1cccc(CN(CC)CC)c1)NCCCOCC1CCCO1.I. The van der Waals surface area contributed by atoms with Crippen molar-refractivity contribution in [2.75, 3.05) is 46.0 Å². The lowest BCUT2D eigenvalue weighted by molar-refractivity contribution is 0.0168. The van der Waals surface area contributed by atoms with Gasteiger partial charge in [-0.05, 0) is 50.4 Å². The van der Waals surface area contributed by atoms with Gasteiger partial charge in [0.25, 0.3) is 0 Å². The molecule has 0 aromatic heterocycles. The minimum absolute atomic E-state index is 0. The molecule has 1 aliphatic heterocycles. The normalized spacial score (nSPS) is 16.5. The summed E-state index contributed by atoms with van der Waals surface area (Å²) in [6.07, 6.45) is 3.55. The van der Waals surface area contributed by atoms with Crippen molar-refractivity contribution in [3.63, 3.8) is 0 Å². The first-order chi connectivity index (χ1) is 14.2. The number of guanidine groups is 1. The summed E-state index contributed by atoms with van der Waals surface area (Å²) in [5, 5.41) is 6.73. The topological polar surface area (TPSA) is 58.1 Å². The van der Waals surface area contributed by atoms with Gasteiger partial charge in [-0.2, -0.15) is 0 Å². The highest BCUT2D eigenvalue weighted by atomic mass is 127. The molecule has 7 heteroatoms. The van der Waals surface area contributed by atoms with Gasteiger partial charge in [-0.1, -0.05) is 38.1 Å². The molecule has 30 heavy (non-hydrogen) atoms. The lowest BCUT2D eigenvalue weighted by atomic mass is 10.1. The van der Waals surface area contributed by atoms with Crippen LogP contribution < -0.4 is 10.6 Å². The number of rotatable bonds is 13. The molecule has 6 nitrogen and oxygen atoms in total. The molecule has 1 unspecified atom stereocenters. The van der Waals surface area contributed by atoms with Crippen LogP contribution in [0.15, 0.2) is 29.3 Å². The minimum atomic E-state index is 0. The third-order valence-electron chi connectivity index (χ3n) is 5.14. The fraction of sp³-hybridized carbons (Fsp3) is 0.696. The summed E-state index contributed by atoms with van der Waals surface area (Å²) in [5.74, 6) is 0.862. The maximum atomic E-state index is 5.72. The Balaban J connectivity index is 0.00000450. The van der Waals surface area contributed by atoms with Crippen LogP contribution in [-0.2, 0) is 22.6 Å². The van der Waals surface area contributed by atoms with Gasteiger partial charge in [0.2, 0.25) is 0 Å². The second-order valence-corrected chi connectivity index (χ2v) is 7.47. The van der Waals surface area contributed by atoms with Crippen LogP contribution >= 0.6 is 24.0 Å². The van der Waals surface area contributed by atoms with E-state index in [-0.39, 0.29) is 24.0 Å². The number of hydrogen-bond donors (Lipinski definition) is 2. The molecule has 1 atom stereocenters. The molecule has 0 spiro atoms. The third-order valence-corrected chi connectivity index (χ3v) is 5.14. The highest BCUT2D eigenvalue weighted by Crippen LogP contribution is 2.12. The van der Waals surface area contributed by atoms with E-state index in [4.69, 9.17) is 14.5 Å². The van der Waals surface area contributed by atoms with E-state index in [1.54, 1.807) is 0 Å². The summed E-state index contributed by atoms with van der Waals surface area (Å²) in [5.41, 5.74) is 2.59. The van der Waals surface area contributed by atoms with Crippen LogP contribution in [-0.4, -0.2) is 63.0 Å². The van der Waals surface area contributed by atoms with Crippen LogP contribution in [0.1, 0.15) is 51.2 Å². The summed E-state index contributed by atoms with van der Waals surface area (Å²) < 4.78 is 11.3. The summed E-state index contributed by atoms with van der Waals surface area (Å²) in [6, 6.07) is 8.75. The zero-order valence-corrected chi connectivity index (χ0v) is 21.3. The number of nitrogens with zero attached hydrogens (tertiary/aromatic N) is 2. The number of ether oxygens (including phenoxy) is 2. The molecule has 0 saturated carbocycles. The van der Waals surface area contributed by atoms with Crippen molar-refractivity contribution in [1.82, 2.24) is 15.5 Å². The van der Waals surface area contributed by atoms with Crippen molar-refractivity contribution in [2.24, 2.45) is 4.99 Å². The number of hydrogen-bond acceptors (Lipinski definition) is 4. The highest BCUT2D eigenvalue weighted by molar-refractivity contribution is 14.0. The maximum absolute atomic E-state index is 5.72. The lowest BCUT2D eigenvalue weighted by Gasteiger charge is -2.18. The molecular formula is C23H41IN4O2. The first-order valence-electron chi connectivity index (χ1n) is 11.3. The molecule has 0 bridgehead atoms. The van der Waals surface area contributed by atoms with Crippen molar-refractivity contribution in [1.29, 1.82) is 0 Å². The average Bonchev–Trinajstić information content (AvgIpc) is 3.26. The number of aliphatic imine (C=N–C) groups is 1. The fourth-order valence-electron chi connectivity index (χ4n) is 3.42. The quantitative estimate of drug-likeness (QED) is 0.175. The molecule has 2 N–H and O–H groups in total. The van der Waals surface area contributed by atoms with E-state index in [1.165, 1.54) is 11.1 Å². The largest absolute Gasteiger partial charge is 0.379 e. The van der Waals surface area contributed by atoms with Crippen LogP contribution in [0.25, 0.3) is 0 Å². The Kier molecular flexibility index (Phi) is 15.2. The molecule has 0 radical (unpaired) electrons. The molecule has 1 aromatic rings. The predicted molar refractivity (Wildman–Crippen MR) is 136 cm³/mol. The Morgan fingerprint density at radius 1 is 1.20 bits per heavy atom. The molecule has 0 amide bonds. The van der Waals surface area contributed by atoms with Crippen molar-refractivity contribution >= 4 is 29.9 Å². The molecule has 2 rings (SSSR count). The van der Waals surface area contributed by atoms with Crippen LogP contribution in [0.4, 0.5) is 0 Å². The van der Waals surface area contributed by atoms with Crippen molar-refractivity contribution in [3.8, 4) is 0 Å². The highest BCUT2D eigenvalue weighted by Gasteiger charge is 2.14. The molecule has 1 saturated heterocycles. The molecular weight excluding hydrogens is 491 g/mol. The number of halogens is 1. The standard InChI is InChI=1S/C23H40N4O2.HI/c1-4-24-23(25-13-9-14-28-19-22-12-8-15-29-22)26-17-20-10-7-11-21(16-20)18-27(5-2)6-3;/h7,10-11,16,22H,4-6,8-9,12-15,17-19H2,1-3H3,(H2,24,25,26);1H. The first kappa shape index (κ1) is 27.1. The monoisotopic (exact) mass is 532 g/mol. The van der Waals surface area contributed by atoms with Gasteiger partial charge in [0, 0.05) is 32.8 Å². The van der Waals surface area contributed by atoms with Crippen molar-refractivity contribution in [2.45, 2.75) is 59.2 Å². The first-order valence-corrected chi connectivity index (χ1v) is 11.3. The van der Waals surface area contributed by atoms with Crippen LogP contribution in [0.5, 0.6) is 0 Å². The van der Waals surface area contributed by atoms with Crippen molar-refractivity contribution in [3.05, 3.63) is 35.4 Å². The van der Waals surface area contributed by atoms with Gasteiger partial charge in [-0.15, -0.1) is 24.0 Å². The van der Waals surface area contributed by atoms with Gasteiger partial charge < -0.3 is 20.1 Å². The molecule has 1 aliphatic rings. The third kappa shape index (κ3) is 10.9. The second-order valence-electron chi connectivity index (χ2n) is 7.47. The van der Waals surface area contributed by atoms with Crippen LogP contribution in [0.2, 0.25) is 0 Å². The van der Waals surface area contributed by atoms with Gasteiger partial charge in [0.15, 0.2) is 5.96 Å². The smallest absolute Gasteiger partial charge is 0.191 e. The van der Waals surface area contributed by atoms with E-state index in [0.29, 0.717) is 12.6 Å². The molecule has 1 heterocycles. The zero-order valence-electron chi connectivity index (χ0n) is 19.0. The van der Waals surface area contributed by atoms with Gasteiger partial charge in [0.1, 0.15) is 0 Å². The molecule has 172 valence electrons. The predicted octanol–water partition coefficient (Wildman–Crippen LogP) is 3.79. The van der Waals surface area contributed by atoms with Gasteiger partial charge in [0.05, 0.1) is 19.3 Å². The number of benzene rings is 1. The van der Waals surface area contributed by atoms with Gasteiger partial charge in [-0.25, -0.2) is 4.99 Å². The second kappa shape index (κ2) is 16.8. The maximum Gasteiger partial charge on any atom is 0.191 e. The Labute approximate surface area is 200 Å². The summed E-state index contributed by atoms with van der Waals surface area (Å²) in [6.45, 7) is 14.4. The Morgan fingerprint density at radius 2 is 2.00 bits per heavy atom. The summed E-state index contributed by atoms with van der Waals surface area (Å²) in [7, 11) is 0. The summed E-state index contributed by atoms with van der Waals surface area (Å²) >= 11 is 0. The van der Waals surface area contributed by atoms with Crippen LogP contribution in [0.3, 0.4) is 0 Å². The zero-order chi connectivity index (χ0) is 20.7.